The predicted octanol–water partition coefficient (Wildman–Crippen LogP) is 2.85. The molecule has 1 atom stereocenters. The van der Waals surface area contributed by atoms with Crippen molar-refractivity contribution in [3.05, 3.63) is 72.4 Å². The van der Waals surface area contributed by atoms with Gasteiger partial charge >= 0.3 is 0 Å². The van der Waals surface area contributed by atoms with Gasteiger partial charge in [0, 0.05) is 5.39 Å². The van der Waals surface area contributed by atoms with Gasteiger partial charge in [-0.3, -0.25) is 14.6 Å². The first-order chi connectivity index (χ1) is 16.0. The summed E-state index contributed by atoms with van der Waals surface area (Å²) in [6.45, 7) is 2.51. The number of nitrogens with one attached hydrogen (secondary N) is 2. The normalized spacial score (nSPS) is 10.6. The Bertz CT molecular complexity index is 1000. The number of nitrogens with two attached hydrogens (primary N) is 2. The summed E-state index contributed by atoms with van der Waals surface area (Å²) in [5.74, 6) is -0.688. The lowest BCUT2D eigenvalue weighted by molar-refractivity contribution is -0.125. The summed E-state index contributed by atoms with van der Waals surface area (Å²) in [6.07, 6.45) is 11.9. The molecule has 2 amide bonds. The molecule has 0 aliphatic heterocycles. The van der Waals surface area contributed by atoms with E-state index in [1.54, 1.807) is 6.20 Å². The number of carbonyl (C=O) groups excluding carboxylic acids is 2. The van der Waals surface area contributed by atoms with Crippen molar-refractivity contribution < 1.29 is 9.59 Å². The molecule has 0 saturated carbocycles. The second-order valence-electron chi connectivity index (χ2n) is 7.06. The zero-order valence-electron chi connectivity index (χ0n) is 19.0. The van der Waals surface area contributed by atoms with E-state index >= 15 is 0 Å². The molecule has 0 unspecified atom stereocenters. The van der Waals surface area contributed by atoms with Crippen LogP contribution in [0.2, 0.25) is 0 Å². The Morgan fingerprint density at radius 1 is 1.06 bits per heavy atom. The Hall–Kier alpha value is -3.73. The monoisotopic (exact) mass is 447 g/mol. The van der Waals surface area contributed by atoms with E-state index in [0.717, 1.165) is 17.3 Å². The SMILES string of the molecule is C#C.CCc1ccccc1.NCCC[C@H](N)C(=O)NCC(=O)Nc1cnc2ccccc2c1. The molecule has 0 bridgehead atoms. The van der Waals surface area contributed by atoms with Gasteiger partial charge in [0.2, 0.25) is 11.8 Å². The van der Waals surface area contributed by atoms with Gasteiger partial charge in [0.05, 0.1) is 30.0 Å². The second-order valence-corrected chi connectivity index (χ2v) is 7.06. The molecule has 2 aromatic carbocycles. The van der Waals surface area contributed by atoms with Gasteiger partial charge in [-0.25, -0.2) is 0 Å². The third kappa shape index (κ3) is 10.4. The number of anilines is 1. The van der Waals surface area contributed by atoms with Crippen molar-refractivity contribution in [2.24, 2.45) is 11.5 Å². The third-order valence-corrected chi connectivity index (χ3v) is 4.60. The summed E-state index contributed by atoms with van der Waals surface area (Å²) in [7, 11) is 0. The first-order valence-electron chi connectivity index (χ1n) is 10.8. The Morgan fingerprint density at radius 2 is 1.73 bits per heavy atom. The molecule has 1 aromatic heterocycles. The van der Waals surface area contributed by atoms with E-state index in [1.165, 1.54) is 5.56 Å². The number of amides is 2. The fraction of sp³-hybridized carbons (Fsp3) is 0.269. The van der Waals surface area contributed by atoms with E-state index in [-0.39, 0.29) is 18.4 Å². The van der Waals surface area contributed by atoms with Gasteiger partial charge in [-0.15, -0.1) is 12.8 Å². The molecule has 174 valence electrons. The topological polar surface area (TPSA) is 123 Å². The number of hydrogen-bond acceptors (Lipinski definition) is 5. The molecule has 0 aliphatic rings. The quantitative estimate of drug-likeness (QED) is 0.396. The van der Waals surface area contributed by atoms with Gasteiger partial charge in [-0.05, 0) is 43.5 Å². The van der Waals surface area contributed by atoms with Crippen LogP contribution in [-0.2, 0) is 16.0 Å². The molecule has 0 radical (unpaired) electrons. The van der Waals surface area contributed by atoms with Gasteiger partial charge in [-0.2, -0.15) is 0 Å². The van der Waals surface area contributed by atoms with Crippen molar-refractivity contribution in [3.8, 4) is 12.8 Å². The fourth-order valence-corrected chi connectivity index (χ4v) is 2.83. The molecular weight excluding hydrogens is 414 g/mol. The molecule has 7 nitrogen and oxygen atoms in total. The van der Waals surface area contributed by atoms with E-state index in [2.05, 4.69) is 59.7 Å². The summed E-state index contributed by atoms with van der Waals surface area (Å²) in [5.41, 5.74) is 13.9. The zero-order valence-corrected chi connectivity index (χ0v) is 19.0. The lowest BCUT2D eigenvalue weighted by Crippen LogP contribution is -2.43. The minimum Gasteiger partial charge on any atom is -0.346 e. The summed E-state index contributed by atoms with van der Waals surface area (Å²) < 4.78 is 0. The van der Waals surface area contributed by atoms with Crippen molar-refractivity contribution in [3.63, 3.8) is 0 Å². The molecule has 0 saturated heterocycles. The molecule has 3 rings (SSSR count). The summed E-state index contributed by atoms with van der Waals surface area (Å²) in [4.78, 5) is 27.8. The van der Waals surface area contributed by atoms with Crippen LogP contribution in [0.3, 0.4) is 0 Å². The highest BCUT2D eigenvalue weighted by Gasteiger charge is 2.13. The zero-order chi connectivity index (χ0) is 24.5. The number of aryl methyl sites for hydroxylation is 1. The third-order valence-electron chi connectivity index (χ3n) is 4.60. The van der Waals surface area contributed by atoms with Crippen molar-refractivity contribution >= 4 is 28.4 Å². The number of rotatable bonds is 8. The van der Waals surface area contributed by atoms with Crippen molar-refractivity contribution in [1.29, 1.82) is 0 Å². The molecular formula is C26H33N5O2. The smallest absolute Gasteiger partial charge is 0.243 e. The van der Waals surface area contributed by atoms with Gasteiger partial charge in [0.15, 0.2) is 0 Å². The van der Waals surface area contributed by atoms with Gasteiger partial charge in [-0.1, -0.05) is 55.5 Å². The van der Waals surface area contributed by atoms with Crippen LogP contribution >= 0.6 is 0 Å². The van der Waals surface area contributed by atoms with Gasteiger partial charge < -0.3 is 22.1 Å². The number of terminal acetylenes is 1. The Balaban J connectivity index is 0.000000454. The molecule has 6 N–H and O–H groups in total. The van der Waals surface area contributed by atoms with Crippen molar-refractivity contribution in [2.75, 3.05) is 18.4 Å². The van der Waals surface area contributed by atoms with Crippen LogP contribution in [0.5, 0.6) is 0 Å². The maximum Gasteiger partial charge on any atom is 0.243 e. The predicted molar refractivity (Wildman–Crippen MR) is 135 cm³/mol. The highest BCUT2D eigenvalue weighted by atomic mass is 16.2. The van der Waals surface area contributed by atoms with E-state index in [1.807, 2.05) is 36.4 Å². The highest BCUT2D eigenvalue weighted by Crippen LogP contribution is 2.15. The molecule has 1 heterocycles. The van der Waals surface area contributed by atoms with E-state index < -0.39 is 6.04 Å². The largest absolute Gasteiger partial charge is 0.346 e. The number of para-hydroxylation sites is 1. The minimum atomic E-state index is -0.645. The maximum absolute atomic E-state index is 11.9. The standard InChI is InChI=1S/C16H21N5O2.C8H10.C2H2/c17-7-3-5-13(18)16(23)20-10-15(22)21-12-8-11-4-1-2-6-14(11)19-9-12;1-2-8-6-4-3-5-7-8;1-2/h1-2,4,6,8-9,13H,3,5,7,10,17-18H2,(H,20,23)(H,21,22);3-7H,2H2,1H3;1-2H/t13-;;/m0../s1. The van der Waals surface area contributed by atoms with E-state index in [9.17, 15) is 9.59 Å². The first kappa shape index (κ1) is 27.3. The summed E-state index contributed by atoms with van der Waals surface area (Å²) in [5, 5.41) is 6.13. The Labute approximate surface area is 196 Å². The van der Waals surface area contributed by atoms with Crippen LogP contribution in [0, 0.1) is 12.8 Å². The number of pyridine rings is 1. The minimum absolute atomic E-state index is 0.137. The molecule has 0 spiro atoms. The number of fused-ring (bicyclic) bond motifs is 1. The van der Waals surface area contributed by atoms with Gasteiger partial charge in [0.1, 0.15) is 0 Å². The molecule has 33 heavy (non-hydrogen) atoms. The van der Waals surface area contributed by atoms with Crippen LogP contribution in [0.1, 0.15) is 25.3 Å². The van der Waals surface area contributed by atoms with E-state index in [0.29, 0.717) is 25.1 Å². The molecule has 0 fully saturated rings. The van der Waals surface area contributed by atoms with Crippen LogP contribution < -0.4 is 22.1 Å². The molecule has 3 aromatic rings. The average molecular weight is 448 g/mol. The Kier molecular flexibility index (Phi) is 13.2. The van der Waals surface area contributed by atoms with Crippen LogP contribution in [0.4, 0.5) is 5.69 Å². The van der Waals surface area contributed by atoms with Crippen molar-refractivity contribution in [1.82, 2.24) is 10.3 Å². The van der Waals surface area contributed by atoms with Crippen LogP contribution in [-0.4, -0.2) is 35.9 Å². The number of carbonyl (C=O) groups is 2. The highest BCUT2D eigenvalue weighted by molar-refractivity contribution is 5.96. The number of benzene rings is 2. The fourth-order valence-electron chi connectivity index (χ4n) is 2.83. The Morgan fingerprint density at radius 3 is 2.36 bits per heavy atom. The average Bonchev–Trinajstić information content (AvgIpc) is 2.87. The first-order valence-corrected chi connectivity index (χ1v) is 10.8. The van der Waals surface area contributed by atoms with Crippen molar-refractivity contribution in [2.45, 2.75) is 32.2 Å². The second kappa shape index (κ2) is 16.0. The number of nitrogens with zero attached hydrogens (tertiary/aromatic N) is 1. The summed E-state index contributed by atoms with van der Waals surface area (Å²) in [6, 6.07) is 19.2. The van der Waals surface area contributed by atoms with Gasteiger partial charge in [0.25, 0.3) is 0 Å². The lowest BCUT2D eigenvalue weighted by Gasteiger charge is -2.12. The molecule has 0 aliphatic carbocycles. The number of aromatic nitrogens is 1. The van der Waals surface area contributed by atoms with Crippen LogP contribution in [0.25, 0.3) is 10.9 Å². The maximum atomic E-state index is 11.9. The lowest BCUT2D eigenvalue weighted by atomic mass is 10.1. The molecule has 7 heteroatoms. The number of hydrogen-bond donors (Lipinski definition) is 4. The van der Waals surface area contributed by atoms with E-state index in [4.69, 9.17) is 11.5 Å². The van der Waals surface area contributed by atoms with Crippen LogP contribution in [0.15, 0.2) is 66.9 Å². The summed E-state index contributed by atoms with van der Waals surface area (Å²) >= 11 is 0.